The Morgan fingerprint density at radius 1 is 0.974 bits per heavy atom. The van der Waals surface area contributed by atoms with E-state index >= 15 is 0 Å². The standard InChI is InChI=1S/C30H27N7O2/c1-18-4-5-22(36-28(38)20-9-11-34-27(13-20)30(2,3)17-31)14-23(18)26-16-32-15-25(37-26)19-8-10-33-24(12-19)29(39)35-21-6-7-21/h4-5,8-16,21H,6-7H2,1-3H3,(H,35,39)(H,36,38). The normalized spacial score (nSPS) is 12.9. The van der Waals surface area contributed by atoms with Gasteiger partial charge in [0.1, 0.15) is 5.69 Å². The number of carbonyl (C=O) groups excluding carboxylic acids is 2. The molecule has 39 heavy (non-hydrogen) atoms. The monoisotopic (exact) mass is 517 g/mol. The average Bonchev–Trinajstić information content (AvgIpc) is 3.78. The van der Waals surface area contributed by atoms with Gasteiger partial charge in [0.25, 0.3) is 11.8 Å². The Balaban J connectivity index is 1.39. The Hall–Kier alpha value is -4.97. The first-order valence-electron chi connectivity index (χ1n) is 12.6. The van der Waals surface area contributed by atoms with Crippen molar-refractivity contribution in [1.82, 2.24) is 25.3 Å². The number of amides is 2. The number of rotatable bonds is 7. The van der Waals surface area contributed by atoms with Crippen molar-refractivity contribution in [2.45, 2.75) is 45.1 Å². The lowest BCUT2D eigenvalue weighted by Crippen LogP contribution is -2.26. The van der Waals surface area contributed by atoms with Crippen LogP contribution < -0.4 is 10.6 Å². The van der Waals surface area contributed by atoms with Crippen LogP contribution in [0.2, 0.25) is 0 Å². The van der Waals surface area contributed by atoms with Crippen molar-refractivity contribution < 1.29 is 9.59 Å². The molecule has 0 radical (unpaired) electrons. The molecule has 1 fully saturated rings. The Bertz CT molecular complexity index is 1620. The van der Waals surface area contributed by atoms with Gasteiger partial charge in [-0.05, 0) is 75.6 Å². The van der Waals surface area contributed by atoms with Crippen LogP contribution in [0.4, 0.5) is 5.69 Å². The first kappa shape index (κ1) is 25.7. The van der Waals surface area contributed by atoms with Crippen molar-refractivity contribution in [3.05, 3.63) is 89.8 Å². The van der Waals surface area contributed by atoms with Gasteiger partial charge < -0.3 is 10.6 Å². The molecule has 3 heterocycles. The van der Waals surface area contributed by atoms with Gasteiger partial charge in [-0.25, -0.2) is 4.98 Å². The molecule has 0 aliphatic heterocycles. The van der Waals surface area contributed by atoms with Crippen LogP contribution in [0.1, 0.15) is 58.8 Å². The Morgan fingerprint density at radius 3 is 2.51 bits per heavy atom. The number of hydrogen-bond acceptors (Lipinski definition) is 7. The lowest BCUT2D eigenvalue weighted by molar-refractivity contribution is 0.0945. The number of hydrogen-bond donors (Lipinski definition) is 2. The molecule has 0 spiro atoms. The predicted octanol–water partition coefficient (Wildman–Crippen LogP) is 4.85. The second-order valence-corrected chi connectivity index (χ2v) is 10.1. The van der Waals surface area contributed by atoms with Crippen molar-refractivity contribution >= 4 is 17.5 Å². The molecule has 1 aliphatic rings. The summed E-state index contributed by atoms with van der Waals surface area (Å²) in [6.07, 6.45) is 8.44. The SMILES string of the molecule is Cc1ccc(NC(=O)c2ccnc(C(C)(C)C#N)c2)cc1-c1cncc(-c2ccnc(C(=O)NC3CC3)c2)n1. The first-order chi connectivity index (χ1) is 18.7. The third-order valence-electron chi connectivity index (χ3n) is 6.55. The molecule has 1 aromatic carbocycles. The quantitative estimate of drug-likeness (QED) is 0.358. The fourth-order valence-electron chi connectivity index (χ4n) is 3.99. The molecule has 1 aliphatic carbocycles. The largest absolute Gasteiger partial charge is 0.348 e. The summed E-state index contributed by atoms with van der Waals surface area (Å²) in [4.78, 5) is 43.1. The number of nitrogens with zero attached hydrogens (tertiary/aromatic N) is 5. The molecule has 9 nitrogen and oxygen atoms in total. The highest BCUT2D eigenvalue weighted by Gasteiger charge is 2.25. The van der Waals surface area contributed by atoms with Crippen molar-refractivity contribution in [1.29, 1.82) is 5.26 Å². The van der Waals surface area contributed by atoms with Crippen molar-refractivity contribution in [2.24, 2.45) is 0 Å². The topological polar surface area (TPSA) is 134 Å². The zero-order valence-corrected chi connectivity index (χ0v) is 21.9. The van der Waals surface area contributed by atoms with E-state index in [1.165, 1.54) is 6.20 Å². The van der Waals surface area contributed by atoms with E-state index in [0.29, 0.717) is 34.0 Å². The van der Waals surface area contributed by atoms with Gasteiger partial charge in [0.2, 0.25) is 0 Å². The van der Waals surface area contributed by atoms with Gasteiger partial charge in [-0.3, -0.25) is 24.5 Å². The van der Waals surface area contributed by atoms with Crippen molar-refractivity contribution in [2.75, 3.05) is 5.32 Å². The number of carbonyl (C=O) groups is 2. The molecule has 4 aromatic rings. The zero-order valence-electron chi connectivity index (χ0n) is 21.9. The van der Waals surface area contributed by atoms with Crippen LogP contribution in [0, 0.1) is 18.3 Å². The van der Waals surface area contributed by atoms with Gasteiger partial charge in [0.15, 0.2) is 0 Å². The minimum absolute atomic E-state index is 0.194. The molecule has 5 rings (SSSR count). The Morgan fingerprint density at radius 2 is 1.74 bits per heavy atom. The van der Waals surface area contributed by atoms with E-state index in [1.807, 2.05) is 25.1 Å². The molecule has 0 unspecified atom stereocenters. The van der Waals surface area contributed by atoms with Gasteiger partial charge in [-0.2, -0.15) is 5.26 Å². The van der Waals surface area contributed by atoms with Crippen LogP contribution in [0.3, 0.4) is 0 Å². The molecule has 0 bridgehead atoms. The van der Waals surface area contributed by atoms with Crippen molar-refractivity contribution in [3.63, 3.8) is 0 Å². The number of pyridine rings is 2. The van der Waals surface area contributed by atoms with E-state index < -0.39 is 5.41 Å². The summed E-state index contributed by atoms with van der Waals surface area (Å²) in [5.41, 5.74) is 4.79. The molecular formula is C30H27N7O2. The second kappa shape index (κ2) is 10.4. The van der Waals surface area contributed by atoms with Crippen LogP contribution in [-0.2, 0) is 5.41 Å². The van der Waals surface area contributed by atoms with E-state index in [-0.39, 0.29) is 17.9 Å². The minimum Gasteiger partial charge on any atom is -0.348 e. The minimum atomic E-state index is -0.812. The second-order valence-electron chi connectivity index (χ2n) is 10.1. The van der Waals surface area contributed by atoms with Crippen LogP contribution in [-0.4, -0.2) is 37.8 Å². The number of aromatic nitrogens is 4. The third-order valence-corrected chi connectivity index (χ3v) is 6.55. The summed E-state index contributed by atoms with van der Waals surface area (Å²) < 4.78 is 0. The van der Waals surface area contributed by atoms with Crippen LogP contribution in [0.15, 0.2) is 67.3 Å². The Kier molecular flexibility index (Phi) is 6.86. The molecule has 194 valence electrons. The first-order valence-corrected chi connectivity index (χ1v) is 12.6. The number of anilines is 1. The maximum Gasteiger partial charge on any atom is 0.270 e. The maximum absolute atomic E-state index is 13.0. The molecule has 0 atom stereocenters. The smallest absolute Gasteiger partial charge is 0.270 e. The predicted molar refractivity (Wildman–Crippen MR) is 147 cm³/mol. The maximum atomic E-state index is 13.0. The van der Waals surface area contributed by atoms with E-state index in [4.69, 9.17) is 4.98 Å². The van der Waals surface area contributed by atoms with Crippen LogP contribution in [0.25, 0.3) is 22.5 Å². The fourth-order valence-corrected chi connectivity index (χ4v) is 3.99. The summed E-state index contributed by atoms with van der Waals surface area (Å²) in [5, 5.41) is 15.3. The summed E-state index contributed by atoms with van der Waals surface area (Å²) in [7, 11) is 0. The van der Waals surface area contributed by atoms with E-state index in [2.05, 4.69) is 31.7 Å². The number of nitrogens with one attached hydrogen (secondary N) is 2. The highest BCUT2D eigenvalue weighted by Crippen LogP contribution is 2.28. The molecule has 1 saturated carbocycles. The summed E-state index contributed by atoms with van der Waals surface area (Å²) in [5.74, 6) is -0.504. The summed E-state index contributed by atoms with van der Waals surface area (Å²) >= 11 is 0. The van der Waals surface area contributed by atoms with Gasteiger partial charge in [0.05, 0.1) is 41.0 Å². The number of nitriles is 1. The fraction of sp³-hybridized carbons (Fsp3) is 0.233. The van der Waals surface area contributed by atoms with E-state index in [0.717, 1.165) is 29.5 Å². The van der Waals surface area contributed by atoms with E-state index in [1.54, 1.807) is 56.7 Å². The molecule has 2 N–H and O–H groups in total. The van der Waals surface area contributed by atoms with Gasteiger partial charge in [-0.15, -0.1) is 0 Å². The average molecular weight is 518 g/mol. The molecule has 9 heteroatoms. The molecular weight excluding hydrogens is 490 g/mol. The number of aryl methyl sites for hydroxylation is 1. The summed E-state index contributed by atoms with van der Waals surface area (Å²) in [6.45, 7) is 5.48. The number of benzene rings is 1. The lowest BCUT2D eigenvalue weighted by Gasteiger charge is -2.15. The lowest BCUT2D eigenvalue weighted by atomic mass is 9.90. The van der Waals surface area contributed by atoms with Gasteiger partial charge in [-0.1, -0.05) is 6.07 Å². The zero-order chi connectivity index (χ0) is 27.6. The Labute approximate surface area is 226 Å². The molecule has 2 amide bonds. The van der Waals surface area contributed by atoms with Gasteiger partial charge in [0, 0.05) is 40.8 Å². The summed E-state index contributed by atoms with van der Waals surface area (Å²) in [6, 6.07) is 14.8. The van der Waals surface area contributed by atoms with Crippen LogP contribution >= 0.6 is 0 Å². The third kappa shape index (κ3) is 5.80. The van der Waals surface area contributed by atoms with Crippen LogP contribution in [0.5, 0.6) is 0 Å². The molecule has 3 aromatic heterocycles. The highest BCUT2D eigenvalue weighted by molar-refractivity contribution is 6.04. The van der Waals surface area contributed by atoms with Crippen molar-refractivity contribution in [3.8, 4) is 28.6 Å². The highest BCUT2D eigenvalue weighted by atomic mass is 16.2. The molecule has 0 saturated heterocycles. The van der Waals surface area contributed by atoms with Gasteiger partial charge >= 0.3 is 0 Å². The van der Waals surface area contributed by atoms with E-state index in [9.17, 15) is 14.9 Å².